The Kier molecular flexibility index (Phi) is 5.95. The van der Waals surface area contributed by atoms with Gasteiger partial charge in [0.2, 0.25) is 5.91 Å². The third-order valence-electron chi connectivity index (χ3n) is 7.76. The molecule has 1 N–H and O–H groups in total. The fraction of sp³-hybridized carbons (Fsp3) is 0.792. The second kappa shape index (κ2) is 8.53. The van der Waals surface area contributed by atoms with E-state index in [0.717, 1.165) is 77.7 Å². The number of thiophene rings is 1. The second-order valence-electron chi connectivity index (χ2n) is 9.84. The van der Waals surface area contributed by atoms with E-state index in [1.807, 2.05) is 11.3 Å². The zero-order chi connectivity index (χ0) is 20.7. The van der Waals surface area contributed by atoms with Crippen molar-refractivity contribution in [1.82, 2.24) is 10.2 Å². The molecular weight excluding hydrogens is 396 g/mol. The van der Waals surface area contributed by atoms with Crippen molar-refractivity contribution in [3.05, 3.63) is 21.4 Å². The zero-order valence-corrected chi connectivity index (χ0v) is 19.3. The highest BCUT2D eigenvalue weighted by Crippen LogP contribution is 2.46. The number of ether oxygens (including phenoxy) is 2. The maximum atomic E-state index is 12.2. The monoisotopic (exact) mass is 432 g/mol. The minimum absolute atomic E-state index is 0.0508. The zero-order valence-electron chi connectivity index (χ0n) is 18.5. The van der Waals surface area contributed by atoms with Gasteiger partial charge in [-0.05, 0) is 69.4 Å². The molecule has 3 fully saturated rings. The number of likely N-dealkylation sites (tertiary alicyclic amines) is 1. The molecule has 1 spiro atoms. The average molecular weight is 433 g/mol. The lowest BCUT2D eigenvalue weighted by Crippen LogP contribution is -2.54. The third kappa shape index (κ3) is 3.96. The van der Waals surface area contributed by atoms with Gasteiger partial charge in [0.1, 0.15) is 6.10 Å². The quantitative estimate of drug-likeness (QED) is 0.772. The molecule has 1 amide bonds. The highest BCUT2D eigenvalue weighted by Gasteiger charge is 2.45. The molecule has 1 aliphatic carbocycles. The first-order chi connectivity index (χ1) is 14.6. The number of amides is 1. The molecule has 2 saturated heterocycles. The summed E-state index contributed by atoms with van der Waals surface area (Å²) < 4.78 is 12.0. The molecule has 3 aliphatic heterocycles. The van der Waals surface area contributed by atoms with Crippen molar-refractivity contribution in [2.45, 2.75) is 89.0 Å². The standard InChI is InChI=1S/C24H36N2O3S/c1-3-19-13-20-22(30-19)6-10-29-24(20)7-8-26(16(2)14-24)15-17-11-18(12-17)25-23(27)21-5-4-9-28-21/h13,16-18,21H,3-12,14-15H2,1-2H3,(H,25,27)/t16-,17?,18?,21-,24+/m0/s1. The number of nitrogens with one attached hydrogen (secondary N) is 1. The predicted molar refractivity (Wildman–Crippen MR) is 119 cm³/mol. The number of aryl methyl sites for hydroxylation is 1. The minimum atomic E-state index is -0.201. The molecule has 0 unspecified atom stereocenters. The van der Waals surface area contributed by atoms with Crippen LogP contribution in [0.25, 0.3) is 0 Å². The fourth-order valence-electron chi connectivity index (χ4n) is 5.96. The van der Waals surface area contributed by atoms with E-state index in [9.17, 15) is 4.79 Å². The van der Waals surface area contributed by atoms with E-state index in [1.54, 1.807) is 4.88 Å². The fourth-order valence-corrected chi connectivity index (χ4v) is 7.14. The Morgan fingerprint density at radius 3 is 2.97 bits per heavy atom. The summed E-state index contributed by atoms with van der Waals surface area (Å²) >= 11 is 2.01. The van der Waals surface area contributed by atoms with E-state index in [0.29, 0.717) is 18.0 Å². The highest BCUT2D eigenvalue weighted by molar-refractivity contribution is 7.12. The lowest BCUT2D eigenvalue weighted by molar-refractivity contribution is -0.132. The molecule has 4 aliphatic rings. The average Bonchev–Trinajstić information content (AvgIpc) is 3.38. The molecule has 6 heteroatoms. The first kappa shape index (κ1) is 20.9. The van der Waals surface area contributed by atoms with Crippen LogP contribution in [0.15, 0.2) is 6.07 Å². The molecule has 3 atom stereocenters. The second-order valence-corrected chi connectivity index (χ2v) is 11.1. The van der Waals surface area contributed by atoms with Crippen molar-refractivity contribution < 1.29 is 14.3 Å². The van der Waals surface area contributed by atoms with Crippen molar-refractivity contribution in [1.29, 1.82) is 0 Å². The van der Waals surface area contributed by atoms with Crippen LogP contribution in [0.5, 0.6) is 0 Å². The Hall–Kier alpha value is -0.950. The van der Waals surface area contributed by atoms with Gasteiger partial charge >= 0.3 is 0 Å². The normalized spacial score (nSPS) is 36.5. The lowest BCUT2D eigenvalue weighted by Gasteiger charge is -2.49. The van der Waals surface area contributed by atoms with Gasteiger partial charge in [-0.15, -0.1) is 11.3 Å². The molecule has 0 aromatic carbocycles. The van der Waals surface area contributed by atoms with E-state index in [1.165, 1.54) is 10.4 Å². The predicted octanol–water partition coefficient (Wildman–Crippen LogP) is 3.64. The van der Waals surface area contributed by atoms with Gasteiger partial charge in [0.15, 0.2) is 0 Å². The molecule has 1 aromatic heterocycles. The van der Waals surface area contributed by atoms with Gasteiger partial charge in [0.25, 0.3) is 0 Å². The van der Waals surface area contributed by atoms with E-state index < -0.39 is 0 Å². The number of nitrogens with zero attached hydrogens (tertiary/aromatic N) is 1. The van der Waals surface area contributed by atoms with E-state index in [4.69, 9.17) is 9.47 Å². The SMILES string of the molecule is CCc1cc2c(s1)CCO[C@@]21CCN(CC2CC(NC(=O)[C@@H]3CCCO3)C2)[C@@H](C)C1. The Morgan fingerprint density at radius 1 is 1.37 bits per heavy atom. The van der Waals surface area contributed by atoms with E-state index in [2.05, 4.69) is 30.1 Å². The number of hydrogen-bond acceptors (Lipinski definition) is 5. The van der Waals surface area contributed by atoms with Crippen LogP contribution in [0.3, 0.4) is 0 Å². The Labute approximate surface area is 184 Å². The molecule has 4 heterocycles. The Balaban J connectivity index is 1.13. The van der Waals surface area contributed by atoms with Crippen LogP contribution in [-0.2, 0) is 32.7 Å². The lowest BCUT2D eigenvalue weighted by atomic mass is 9.76. The largest absolute Gasteiger partial charge is 0.370 e. The number of carbonyl (C=O) groups excluding carboxylic acids is 1. The van der Waals surface area contributed by atoms with Crippen LogP contribution in [0.1, 0.15) is 67.7 Å². The highest BCUT2D eigenvalue weighted by atomic mass is 32.1. The maximum Gasteiger partial charge on any atom is 0.249 e. The summed E-state index contributed by atoms with van der Waals surface area (Å²) in [7, 11) is 0. The molecule has 5 nitrogen and oxygen atoms in total. The van der Waals surface area contributed by atoms with Crippen LogP contribution >= 0.6 is 11.3 Å². The number of piperidine rings is 1. The molecule has 1 aromatic rings. The molecular formula is C24H36N2O3S. The van der Waals surface area contributed by atoms with Gasteiger partial charge in [-0.3, -0.25) is 4.79 Å². The summed E-state index contributed by atoms with van der Waals surface area (Å²) in [5.41, 5.74) is 1.45. The van der Waals surface area contributed by atoms with Gasteiger partial charge in [-0.25, -0.2) is 0 Å². The smallest absolute Gasteiger partial charge is 0.249 e. The summed E-state index contributed by atoms with van der Waals surface area (Å²) in [5, 5.41) is 3.20. The van der Waals surface area contributed by atoms with Gasteiger partial charge in [-0.2, -0.15) is 0 Å². The van der Waals surface area contributed by atoms with Gasteiger partial charge in [-0.1, -0.05) is 6.92 Å². The van der Waals surface area contributed by atoms with Crippen LogP contribution in [0, 0.1) is 5.92 Å². The number of rotatable bonds is 5. The van der Waals surface area contributed by atoms with Crippen LogP contribution < -0.4 is 5.32 Å². The summed E-state index contributed by atoms with van der Waals surface area (Å²) in [4.78, 5) is 18.0. The van der Waals surface area contributed by atoms with Gasteiger partial charge in [0.05, 0.1) is 12.2 Å². The molecule has 166 valence electrons. The Morgan fingerprint density at radius 2 is 2.23 bits per heavy atom. The summed E-state index contributed by atoms with van der Waals surface area (Å²) in [5.74, 6) is 0.809. The third-order valence-corrected chi connectivity index (χ3v) is 9.09. The van der Waals surface area contributed by atoms with Crippen molar-refractivity contribution >= 4 is 17.2 Å². The van der Waals surface area contributed by atoms with Crippen molar-refractivity contribution in [2.24, 2.45) is 5.92 Å². The van der Waals surface area contributed by atoms with Crippen molar-refractivity contribution in [3.8, 4) is 0 Å². The van der Waals surface area contributed by atoms with Gasteiger partial charge < -0.3 is 19.7 Å². The Bertz CT molecular complexity index is 769. The molecule has 5 rings (SSSR count). The van der Waals surface area contributed by atoms with Gasteiger partial charge in [0, 0.05) is 48.0 Å². The first-order valence-corrected chi connectivity index (χ1v) is 12.8. The number of hydrogen-bond donors (Lipinski definition) is 1. The summed E-state index contributed by atoms with van der Waals surface area (Å²) in [6.45, 7) is 8.50. The summed E-state index contributed by atoms with van der Waals surface area (Å²) in [6, 6.07) is 3.32. The maximum absolute atomic E-state index is 12.2. The topological polar surface area (TPSA) is 50.8 Å². The number of fused-ring (bicyclic) bond motifs is 2. The number of carbonyl (C=O) groups is 1. The molecule has 0 radical (unpaired) electrons. The van der Waals surface area contributed by atoms with Crippen molar-refractivity contribution in [2.75, 3.05) is 26.3 Å². The first-order valence-electron chi connectivity index (χ1n) is 12.0. The van der Waals surface area contributed by atoms with E-state index in [-0.39, 0.29) is 17.6 Å². The molecule has 30 heavy (non-hydrogen) atoms. The van der Waals surface area contributed by atoms with Crippen molar-refractivity contribution in [3.63, 3.8) is 0 Å². The summed E-state index contributed by atoms with van der Waals surface area (Å²) in [6.07, 6.45) is 8.33. The van der Waals surface area contributed by atoms with Crippen LogP contribution in [-0.4, -0.2) is 55.3 Å². The van der Waals surface area contributed by atoms with Crippen LogP contribution in [0.4, 0.5) is 0 Å². The minimum Gasteiger partial charge on any atom is -0.370 e. The molecule has 1 saturated carbocycles. The van der Waals surface area contributed by atoms with Crippen LogP contribution in [0.2, 0.25) is 0 Å². The van der Waals surface area contributed by atoms with E-state index >= 15 is 0 Å². The molecule has 0 bridgehead atoms.